The number of halogens is 1. The number of hydrogen-bond donors (Lipinski definition) is 3. The van der Waals surface area contributed by atoms with Crippen molar-refractivity contribution in [3.8, 4) is 12.3 Å². The van der Waals surface area contributed by atoms with Crippen LogP contribution >= 0.6 is 0 Å². The molecule has 0 aromatic rings. The summed E-state index contributed by atoms with van der Waals surface area (Å²) in [6.07, 6.45) is 8.48. The summed E-state index contributed by atoms with van der Waals surface area (Å²) in [6.45, 7) is 4.17. The molecule has 0 spiro atoms. The minimum absolute atomic E-state index is 0.00248. The highest BCUT2D eigenvalue weighted by molar-refractivity contribution is 5.33. The molecule has 9 atom stereocenters. The fraction of sp³-hybridized carbons (Fsp3) is 0.810. The van der Waals surface area contributed by atoms with Gasteiger partial charge in [0.1, 0.15) is 11.8 Å². The molecule has 4 rings (SSSR count). The van der Waals surface area contributed by atoms with Crippen LogP contribution in [-0.4, -0.2) is 39.3 Å². The van der Waals surface area contributed by atoms with E-state index in [1.54, 1.807) is 6.08 Å². The lowest BCUT2D eigenvalue weighted by atomic mass is 9.46. The van der Waals surface area contributed by atoms with Crippen LogP contribution in [-0.2, 0) is 0 Å². The van der Waals surface area contributed by atoms with Crippen molar-refractivity contribution in [2.45, 2.75) is 76.4 Å². The summed E-state index contributed by atoms with van der Waals surface area (Å²) < 4.78 is 14.7. The second-order valence-electron chi connectivity index (χ2n) is 9.33. The third-order valence-electron chi connectivity index (χ3n) is 8.54. The second-order valence-corrected chi connectivity index (χ2v) is 9.33. The molecule has 0 saturated heterocycles. The van der Waals surface area contributed by atoms with E-state index in [0.29, 0.717) is 18.4 Å². The summed E-state index contributed by atoms with van der Waals surface area (Å²) in [7, 11) is 0. The number of alkyl halides is 1. The highest BCUT2D eigenvalue weighted by Crippen LogP contribution is 2.67. The fourth-order valence-electron chi connectivity index (χ4n) is 6.91. The van der Waals surface area contributed by atoms with Crippen LogP contribution < -0.4 is 0 Å². The largest absolute Gasteiger partial charge is 0.390 e. The van der Waals surface area contributed by atoms with Gasteiger partial charge < -0.3 is 15.3 Å². The van der Waals surface area contributed by atoms with Crippen molar-refractivity contribution in [2.75, 3.05) is 0 Å². The standard InChI is InChI=1S/C21H29FO3/c1-4-21(25)10-6-13-17-12(5-9-20(13,21)3)19(2)8-7-15(23)18(22)14(19)11-16(17)24/h1,11-13,15-18,23-25H,5-10H2,2-3H3/t12-,13-,15-,16-,17+,18+,19+,20-,21-/m0/s1. The molecule has 0 aromatic heterocycles. The molecule has 4 aliphatic rings. The lowest BCUT2D eigenvalue weighted by Gasteiger charge is -2.59. The molecule has 25 heavy (non-hydrogen) atoms. The maximum absolute atomic E-state index is 14.7. The molecule has 3 N–H and O–H groups in total. The molecule has 4 aliphatic carbocycles. The Morgan fingerprint density at radius 3 is 2.48 bits per heavy atom. The van der Waals surface area contributed by atoms with Crippen LogP contribution in [0.4, 0.5) is 4.39 Å². The third kappa shape index (κ3) is 2.04. The average Bonchev–Trinajstić information content (AvgIpc) is 2.86. The Labute approximate surface area is 149 Å². The molecular weight excluding hydrogens is 319 g/mol. The molecule has 0 aliphatic heterocycles. The van der Waals surface area contributed by atoms with Gasteiger partial charge in [0.2, 0.25) is 0 Å². The van der Waals surface area contributed by atoms with Crippen molar-refractivity contribution >= 4 is 0 Å². The predicted molar refractivity (Wildman–Crippen MR) is 93.2 cm³/mol. The lowest BCUT2D eigenvalue weighted by molar-refractivity contribution is -0.127. The lowest BCUT2D eigenvalue weighted by Crippen LogP contribution is -2.58. The number of aliphatic hydroxyl groups is 3. The third-order valence-corrected chi connectivity index (χ3v) is 8.54. The summed E-state index contributed by atoms with van der Waals surface area (Å²) >= 11 is 0. The van der Waals surface area contributed by atoms with E-state index in [-0.39, 0.29) is 23.2 Å². The van der Waals surface area contributed by atoms with Crippen molar-refractivity contribution in [3.05, 3.63) is 11.6 Å². The summed E-state index contributed by atoms with van der Waals surface area (Å²) in [5, 5.41) is 31.8. The number of aliphatic hydroxyl groups excluding tert-OH is 2. The van der Waals surface area contributed by atoms with Gasteiger partial charge in [-0.15, -0.1) is 6.42 Å². The van der Waals surface area contributed by atoms with Crippen LogP contribution in [0, 0.1) is 40.9 Å². The van der Waals surface area contributed by atoms with Gasteiger partial charge >= 0.3 is 0 Å². The number of hydrogen-bond acceptors (Lipinski definition) is 3. The Hall–Kier alpha value is -0.890. The molecular formula is C21H29FO3. The van der Waals surface area contributed by atoms with E-state index in [1.807, 2.05) is 0 Å². The van der Waals surface area contributed by atoms with Gasteiger partial charge in [0.15, 0.2) is 0 Å². The Morgan fingerprint density at radius 1 is 1.12 bits per heavy atom. The van der Waals surface area contributed by atoms with Crippen molar-refractivity contribution in [2.24, 2.45) is 28.6 Å². The number of terminal acetylenes is 1. The Bertz CT molecular complexity index is 654. The summed E-state index contributed by atoms with van der Waals surface area (Å²) in [5.41, 5.74) is -1.23. The quantitative estimate of drug-likeness (QED) is 0.466. The van der Waals surface area contributed by atoms with Crippen LogP contribution in [0.3, 0.4) is 0 Å². The van der Waals surface area contributed by atoms with E-state index in [4.69, 9.17) is 6.42 Å². The molecule has 3 saturated carbocycles. The Morgan fingerprint density at radius 2 is 1.80 bits per heavy atom. The van der Waals surface area contributed by atoms with Crippen LogP contribution in [0.1, 0.15) is 52.4 Å². The van der Waals surface area contributed by atoms with E-state index in [0.717, 1.165) is 25.7 Å². The maximum atomic E-state index is 14.7. The first-order valence-electron chi connectivity index (χ1n) is 9.60. The topological polar surface area (TPSA) is 60.7 Å². The molecule has 3 nitrogen and oxygen atoms in total. The van der Waals surface area contributed by atoms with Crippen molar-refractivity contribution in [1.82, 2.24) is 0 Å². The number of fused-ring (bicyclic) bond motifs is 5. The van der Waals surface area contributed by atoms with Gasteiger partial charge in [0, 0.05) is 5.41 Å². The summed E-state index contributed by atoms with van der Waals surface area (Å²) in [4.78, 5) is 0. The highest BCUT2D eigenvalue weighted by atomic mass is 19.1. The molecule has 138 valence electrons. The molecule has 3 fully saturated rings. The van der Waals surface area contributed by atoms with Crippen LogP contribution in [0.15, 0.2) is 11.6 Å². The van der Waals surface area contributed by atoms with Gasteiger partial charge in [-0.2, -0.15) is 0 Å². The van der Waals surface area contributed by atoms with Crippen molar-refractivity contribution in [1.29, 1.82) is 0 Å². The van der Waals surface area contributed by atoms with Gasteiger partial charge in [0.05, 0.1) is 12.2 Å². The SMILES string of the molecule is C#C[C@]1(O)CC[C@H]2[C@@H]3[C@@H](O)C=C4[C@@H](F)[C@@H](O)CC[C@]4(C)[C@H]3CC[C@@]21C. The molecule has 0 aromatic carbocycles. The smallest absolute Gasteiger partial charge is 0.148 e. The van der Waals surface area contributed by atoms with Crippen molar-refractivity contribution in [3.63, 3.8) is 0 Å². The molecule has 0 heterocycles. The molecule has 0 unspecified atom stereocenters. The first kappa shape index (κ1) is 17.5. The summed E-state index contributed by atoms with van der Waals surface area (Å²) in [6, 6.07) is 0. The van der Waals surface area contributed by atoms with E-state index in [9.17, 15) is 19.7 Å². The maximum Gasteiger partial charge on any atom is 0.148 e. The molecule has 0 amide bonds. The molecule has 0 bridgehead atoms. The fourth-order valence-corrected chi connectivity index (χ4v) is 6.91. The van der Waals surface area contributed by atoms with Gasteiger partial charge in [-0.1, -0.05) is 25.8 Å². The highest BCUT2D eigenvalue weighted by Gasteiger charge is 2.65. The average molecular weight is 348 g/mol. The first-order chi connectivity index (χ1) is 11.7. The zero-order valence-electron chi connectivity index (χ0n) is 15.1. The second kappa shape index (κ2) is 5.31. The molecule has 4 heteroatoms. The first-order valence-corrected chi connectivity index (χ1v) is 9.60. The monoisotopic (exact) mass is 348 g/mol. The van der Waals surface area contributed by atoms with Crippen LogP contribution in [0.2, 0.25) is 0 Å². The van der Waals surface area contributed by atoms with Crippen molar-refractivity contribution < 1.29 is 19.7 Å². The van der Waals surface area contributed by atoms with Crippen LogP contribution in [0.5, 0.6) is 0 Å². The van der Waals surface area contributed by atoms with E-state index in [2.05, 4.69) is 19.8 Å². The van der Waals surface area contributed by atoms with Gasteiger partial charge in [-0.25, -0.2) is 4.39 Å². The Balaban J connectivity index is 1.77. The predicted octanol–water partition coefficient (Wildman–Crippen LogP) is 2.59. The van der Waals surface area contributed by atoms with E-state index in [1.165, 1.54) is 0 Å². The van der Waals surface area contributed by atoms with Gasteiger partial charge in [0.25, 0.3) is 0 Å². The van der Waals surface area contributed by atoms with Gasteiger partial charge in [-0.3, -0.25) is 0 Å². The van der Waals surface area contributed by atoms with E-state index >= 15 is 0 Å². The summed E-state index contributed by atoms with van der Waals surface area (Å²) in [5.74, 6) is 2.95. The minimum atomic E-state index is -1.38. The van der Waals surface area contributed by atoms with Gasteiger partial charge in [-0.05, 0) is 67.3 Å². The normalized spacial score (nSPS) is 57.7. The Kier molecular flexibility index (Phi) is 3.72. The molecule has 0 radical (unpaired) electrons. The zero-order chi connectivity index (χ0) is 18.2. The van der Waals surface area contributed by atoms with Crippen LogP contribution in [0.25, 0.3) is 0 Å². The zero-order valence-corrected chi connectivity index (χ0v) is 15.1. The number of rotatable bonds is 0. The van der Waals surface area contributed by atoms with E-state index < -0.39 is 29.4 Å². The minimum Gasteiger partial charge on any atom is -0.390 e.